The predicted octanol–water partition coefficient (Wildman–Crippen LogP) is 2.84. The van der Waals surface area contributed by atoms with E-state index in [1.807, 2.05) is 0 Å². The highest BCUT2D eigenvalue weighted by Gasteiger charge is 2.24. The SMILES string of the molecule is CCNCc1c(N2CCSC(CC)C2)nc2sccn12. The molecule has 1 aliphatic heterocycles. The normalized spacial score (nSPS) is 19.9. The molecule has 0 radical (unpaired) electrons. The fourth-order valence-electron chi connectivity index (χ4n) is 2.64. The number of hydrogen-bond donors (Lipinski definition) is 1. The first kappa shape index (κ1) is 14.2. The standard InChI is InChI=1S/C14H22N4S2/c1-3-11-10-17(5-7-19-11)13-12(9-15-4-2)18-6-8-20-14(18)16-13/h6,8,11,15H,3-5,7,9-10H2,1-2H3. The number of anilines is 1. The Balaban J connectivity index is 1.90. The van der Waals surface area contributed by atoms with Gasteiger partial charge in [0.2, 0.25) is 0 Å². The van der Waals surface area contributed by atoms with Crippen LogP contribution in [-0.2, 0) is 6.54 Å². The smallest absolute Gasteiger partial charge is 0.195 e. The zero-order chi connectivity index (χ0) is 13.9. The molecule has 0 spiro atoms. The van der Waals surface area contributed by atoms with Crippen molar-refractivity contribution in [3.05, 3.63) is 17.3 Å². The van der Waals surface area contributed by atoms with Crippen LogP contribution in [0.1, 0.15) is 26.0 Å². The molecule has 110 valence electrons. The molecule has 3 rings (SSSR count). The molecule has 0 bridgehead atoms. The summed E-state index contributed by atoms with van der Waals surface area (Å²) in [6, 6.07) is 0. The van der Waals surface area contributed by atoms with Crippen LogP contribution in [0.25, 0.3) is 4.96 Å². The minimum absolute atomic E-state index is 0.746. The van der Waals surface area contributed by atoms with Crippen LogP contribution in [0, 0.1) is 0 Å². The third-order valence-corrected chi connectivity index (χ3v) is 5.90. The molecule has 1 N–H and O–H groups in total. The molecule has 1 saturated heterocycles. The lowest BCUT2D eigenvalue weighted by atomic mass is 10.2. The second kappa shape index (κ2) is 6.37. The Bertz CT molecular complexity index is 563. The van der Waals surface area contributed by atoms with Crippen LogP contribution in [0.3, 0.4) is 0 Å². The van der Waals surface area contributed by atoms with Gasteiger partial charge in [-0.3, -0.25) is 4.40 Å². The third-order valence-electron chi connectivity index (χ3n) is 3.78. The lowest BCUT2D eigenvalue weighted by Crippen LogP contribution is -2.38. The number of aromatic nitrogens is 2. The topological polar surface area (TPSA) is 32.6 Å². The third kappa shape index (κ3) is 2.69. The second-order valence-corrected chi connectivity index (χ2v) is 7.35. The molecule has 1 fully saturated rings. The van der Waals surface area contributed by atoms with Crippen molar-refractivity contribution in [3.8, 4) is 0 Å². The molecular formula is C14H22N4S2. The Hall–Kier alpha value is -0.720. The van der Waals surface area contributed by atoms with Crippen LogP contribution >= 0.6 is 23.1 Å². The molecule has 3 heterocycles. The van der Waals surface area contributed by atoms with Gasteiger partial charge in [0, 0.05) is 42.2 Å². The highest BCUT2D eigenvalue weighted by Crippen LogP contribution is 2.29. The maximum atomic E-state index is 4.88. The number of nitrogens with one attached hydrogen (secondary N) is 1. The van der Waals surface area contributed by atoms with E-state index in [-0.39, 0.29) is 0 Å². The van der Waals surface area contributed by atoms with Crippen molar-refractivity contribution >= 4 is 33.9 Å². The molecule has 1 atom stereocenters. The summed E-state index contributed by atoms with van der Waals surface area (Å²) in [4.78, 5) is 8.47. The van der Waals surface area contributed by atoms with Crippen LogP contribution < -0.4 is 10.2 Å². The van der Waals surface area contributed by atoms with E-state index >= 15 is 0 Å². The first-order chi connectivity index (χ1) is 9.83. The highest BCUT2D eigenvalue weighted by atomic mass is 32.2. The number of thioether (sulfide) groups is 1. The van der Waals surface area contributed by atoms with Gasteiger partial charge in [0.15, 0.2) is 10.8 Å². The van der Waals surface area contributed by atoms with E-state index in [1.54, 1.807) is 11.3 Å². The van der Waals surface area contributed by atoms with E-state index < -0.39 is 0 Å². The molecule has 0 amide bonds. The zero-order valence-electron chi connectivity index (χ0n) is 12.1. The summed E-state index contributed by atoms with van der Waals surface area (Å²) in [5.74, 6) is 2.40. The van der Waals surface area contributed by atoms with Gasteiger partial charge in [0.25, 0.3) is 0 Å². The van der Waals surface area contributed by atoms with Crippen molar-refractivity contribution in [1.29, 1.82) is 0 Å². The highest BCUT2D eigenvalue weighted by molar-refractivity contribution is 8.00. The van der Waals surface area contributed by atoms with Crippen molar-refractivity contribution in [1.82, 2.24) is 14.7 Å². The summed E-state index contributed by atoms with van der Waals surface area (Å²) >= 11 is 3.82. The Morgan fingerprint density at radius 3 is 3.15 bits per heavy atom. The maximum absolute atomic E-state index is 4.88. The Kier molecular flexibility index (Phi) is 4.53. The van der Waals surface area contributed by atoms with Gasteiger partial charge in [-0.2, -0.15) is 11.8 Å². The van der Waals surface area contributed by atoms with E-state index in [0.29, 0.717) is 0 Å². The van der Waals surface area contributed by atoms with Gasteiger partial charge in [0.05, 0.1) is 5.69 Å². The molecule has 1 unspecified atom stereocenters. The summed E-state index contributed by atoms with van der Waals surface area (Å²) in [5.41, 5.74) is 1.31. The average Bonchev–Trinajstić information content (AvgIpc) is 3.06. The first-order valence-electron chi connectivity index (χ1n) is 7.35. The Morgan fingerprint density at radius 2 is 2.35 bits per heavy atom. The molecule has 4 nitrogen and oxygen atoms in total. The quantitative estimate of drug-likeness (QED) is 0.920. The molecule has 2 aromatic rings. The van der Waals surface area contributed by atoms with Crippen molar-refractivity contribution in [2.75, 3.05) is 30.3 Å². The number of rotatable bonds is 5. The molecule has 20 heavy (non-hydrogen) atoms. The van der Waals surface area contributed by atoms with Crippen LogP contribution in [-0.4, -0.2) is 40.0 Å². The molecule has 1 aliphatic rings. The lowest BCUT2D eigenvalue weighted by molar-refractivity contribution is 0.685. The summed E-state index contributed by atoms with van der Waals surface area (Å²) < 4.78 is 2.24. The zero-order valence-corrected chi connectivity index (χ0v) is 13.8. The molecule has 0 aliphatic carbocycles. The van der Waals surface area contributed by atoms with Crippen molar-refractivity contribution < 1.29 is 0 Å². The fraction of sp³-hybridized carbons (Fsp3) is 0.643. The van der Waals surface area contributed by atoms with Gasteiger partial charge in [-0.15, -0.1) is 11.3 Å². The van der Waals surface area contributed by atoms with Gasteiger partial charge < -0.3 is 10.2 Å². The van der Waals surface area contributed by atoms with Crippen molar-refractivity contribution in [2.45, 2.75) is 32.1 Å². The van der Waals surface area contributed by atoms with Crippen molar-refractivity contribution in [2.24, 2.45) is 0 Å². The van der Waals surface area contributed by atoms with Crippen LogP contribution in [0.15, 0.2) is 11.6 Å². The van der Waals surface area contributed by atoms with Crippen LogP contribution in [0.4, 0.5) is 5.82 Å². The van der Waals surface area contributed by atoms with E-state index in [0.717, 1.165) is 36.4 Å². The van der Waals surface area contributed by atoms with Gasteiger partial charge >= 0.3 is 0 Å². The second-order valence-electron chi connectivity index (χ2n) is 5.07. The van der Waals surface area contributed by atoms with E-state index in [9.17, 15) is 0 Å². The average molecular weight is 310 g/mol. The van der Waals surface area contributed by atoms with Crippen molar-refractivity contribution in [3.63, 3.8) is 0 Å². The number of hydrogen-bond acceptors (Lipinski definition) is 5. The number of imidazole rings is 1. The van der Waals surface area contributed by atoms with Crippen LogP contribution in [0.5, 0.6) is 0 Å². The number of thiazole rings is 1. The lowest BCUT2D eigenvalue weighted by Gasteiger charge is -2.32. The summed E-state index contributed by atoms with van der Waals surface area (Å²) in [6.45, 7) is 8.56. The molecule has 0 aromatic carbocycles. The van der Waals surface area contributed by atoms with Gasteiger partial charge in [0.1, 0.15) is 0 Å². The minimum Gasteiger partial charge on any atom is -0.353 e. The Labute approximate surface area is 128 Å². The minimum atomic E-state index is 0.746. The summed E-state index contributed by atoms with van der Waals surface area (Å²) in [7, 11) is 0. The molecule has 6 heteroatoms. The largest absolute Gasteiger partial charge is 0.353 e. The number of fused-ring (bicyclic) bond motifs is 1. The molecular weight excluding hydrogens is 288 g/mol. The van der Waals surface area contributed by atoms with Gasteiger partial charge in [-0.25, -0.2) is 4.98 Å². The van der Waals surface area contributed by atoms with E-state index in [2.05, 4.69) is 51.8 Å². The number of nitrogens with zero attached hydrogens (tertiary/aromatic N) is 3. The maximum Gasteiger partial charge on any atom is 0.195 e. The summed E-state index contributed by atoms with van der Waals surface area (Å²) in [5, 5.41) is 6.31. The molecule has 0 saturated carbocycles. The van der Waals surface area contributed by atoms with E-state index in [1.165, 1.54) is 23.7 Å². The summed E-state index contributed by atoms with van der Waals surface area (Å²) in [6.07, 6.45) is 3.38. The Morgan fingerprint density at radius 1 is 1.45 bits per heavy atom. The first-order valence-corrected chi connectivity index (χ1v) is 9.28. The monoisotopic (exact) mass is 310 g/mol. The van der Waals surface area contributed by atoms with Gasteiger partial charge in [-0.1, -0.05) is 13.8 Å². The predicted molar refractivity (Wildman–Crippen MR) is 89.2 cm³/mol. The molecule has 2 aromatic heterocycles. The van der Waals surface area contributed by atoms with Gasteiger partial charge in [-0.05, 0) is 13.0 Å². The fourth-order valence-corrected chi connectivity index (χ4v) is 4.55. The van der Waals surface area contributed by atoms with E-state index in [4.69, 9.17) is 4.98 Å². The van der Waals surface area contributed by atoms with Crippen LogP contribution in [0.2, 0.25) is 0 Å².